The van der Waals surface area contributed by atoms with Gasteiger partial charge in [0.1, 0.15) is 0 Å². The molecule has 102 valence electrons. The van der Waals surface area contributed by atoms with Gasteiger partial charge < -0.3 is 10.6 Å². The largest absolute Gasteiger partial charge is 0.327 e. The molecule has 0 aromatic carbocycles. The van der Waals surface area contributed by atoms with Gasteiger partial charge in [-0.25, -0.2) is 0 Å². The maximum Gasteiger partial charge on any atom is 0.0168 e. The number of piperidine rings is 1. The number of hydrogen-bond donors (Lipinski definition) is 1. The number of hydrogen-bond acceptors (Lipinski definition) is 2. The lowest BCUT2D eigenvalue weighted by Gasteiger charge is -2.55. The van der Waals surface area contributed by atoms with E-state index in [4.69, 9.17) is 5.73 Å². The molecule has 0 radical (unpaired) electrons. The first-order valence-corrected chi connectivity index (χ1v) is 8.26. The van der Waals surface area contributed by atoms with Crippen LogP contribution in [0.25, 0.3) is 0 Å². The molecule has 1 aliphatic heterocycles. The van der Waals surface area contributed by atoms with Crippen LogP contribution in [0.5, 0.6) is 0 Å². The molecule has 5 rings (SSSR count). The Balaban J connectivity index is 1.42. The molecule has 0 aromatic rings. The second kappa shape index (κ2) is 4.49. The minimum absolute atomic E-state index is 0.454. The van der Waals surface area contributed by atoms with Crippen molar-refractivity contribution in [1.29, 1.82) is 0 Å². The van der Waals surface area contributed by atoms with E-state index in [1.165, 1.54) is 32.5 Å². The van der Waals surface area contributed by atoms with Crippen LogP contribution in [0.1, 0.15) is 44.9 Å². The van der Waals surface area contributed by atoms with E-state index in [1.807, 2.05) is 0 Å². The Labute approximate surface area is 111 Å². The van der Waals surface area contributed by atoms with E-state index in [1.54, 1.807) is 32.1 Å². The van der Waals surface area contributed by atoms with Crippen LogP contribution >= 0.6 is 0 Å². The molecule has 4 saturated carbocycles. The zero-order valence-electron chi connectivity index (χ0n) is 11.6. The molecule has 2 N–H and O–H groups in total. The van der Waals surface area contributed by atoms with Gasteiger partial charge in [-0.05, 0) is 81.1 Å². The Hall–Kier alpha value is -0.0800. The maximum absolute atomic E-state index is 6.13. The number of rotatable bonds is 2. The summed E-state index contributed by atoms with van der Waals surface area (Å²) in [4.78, 5) is 2.70. The smallest absolute Gasteiger partial charge is 0.0168 e. The molecule has 2 nitrogen and oxygen atoms in total. The third-order valence-corrected chi connectivity index (χ3v) is 6.43. The van der Waals surface area contributed by atoms with Crippen molar-refractivity contribution in [3.05, 3.63) is 0 Å². The zero-order chi connectivity index (χ0) is 12.1. The molecule has 2 heteroatoms. The lowest BCUT2D eigenvalue weighted by molar-refractivity contribution is -0.0511. The molecule has 5 fully saturated rings. The van der Waals surface area contributed by atoms with Gasteiger partial charge in [-0.2, -0.15) is 0 Å². The summed E-state index contributed by atoms with van der Waals surface area (Å²) in [7, 11) is 0. The molecule has 1 atom stereocenters. The molecule has 0 aromatic heterocycles. The molecule has 0 spiro atoms. The summed E-state index contributed by atoms with van der Waals surface area (Å²) in [6.07, 6.45) is 10.4. The summed E-state index contributed by atoms with van der Waals surface area (Å²) in [6.45, 7) is 3.86. The van der Waals surface area contributed by atoms with Crippen LogP contribution in [0, 0.1) is 29.6 Å². The molecule has 18 heavy (non-hydrogen) atoms. The average molecular weight is 248 g/mol. The highest BCUT2D eigenvalue weighted by Crippen LogP contribution is 2.56. The van der Waals surface area contributed by atoms with Crippen molar-refractivity contribution in [3.63, 3.8) is 0 Å². The second-order valence-corrected chi connectivity index (χ2v) is 7.76. The van der Waals surface area contributed by atoms with Gasteiger partial charge >= 0.3 is 0 Å². The van der Waals surface area contributed by atoms with Gasteiger partial charge in [0.15, 0.2) is 0 Å². The van der Waals surface area contributed by atoms with Crippen molar-refractivity contribution in [2.75, 3.05) is 19.6 Å². The van der Waals surface area contributed by atoms with E-state index < -0.39 is 0 Å². The van der Waals surface area contributed by atoms with E-state index in [-0.39, 0.29) is 0 Å². The predicted molar refractivity (Wildman–Crippen MR) is 74.2 cm³/mol. The van der Waals surface area contributed by atoms with Gasteiger partial charge in [0, 0.05) is 19.1 Å². The average Bonchev–Trinajstić information content (AvgIpc) is 2.33. The van der Waals surface area contributed by atoms with E-state index in [0.717, 1.165) is 29.6 Å². The Bertz CT molecular complexity index is 286. The normalized spacial score (nSPS) is 51.8. The minimum Gasteiger partial charge on any atom is -0.327 e. The fourth-order valence-corrected chi connectivity index (χ4v) is 5.89. The molecule has 0 amide bonds. The molecule has 4 aliphatic carbocycles. The second-order valence-electron chi connectivity index (χ2n) is 7.76. The van der Waals surface area contributed by atoms with Crippen LogP contribution in [-0.4, -0.2) is 30.6 Å². The van der Waals surface area contributed by atoms with Crippen molar-refractivity contribution in [1.82, 2.24) is 4.90 Å². The van der Waals surface area contributed by atoms with Crippen LogP contribution in [0.4, 0.5) is 0 Å². The molecule has 1 saturated heterocycles. The summed E-state index contributed by atoms with van der Waals surface area (Å²) >= 11 is 0. The lowest BCUT2D eigenvalue weighted by atomic mass is 9.52. The van der Waals surface area contributed by atoms with Crippen LogP contribution < -0.4 is 5.73 Å². The van der Waals surface area contributed by atoms with E-state index >= 15 is 0 Å². The fraction of sp³-hybridized carbons (Fsp3) is 1.00. The van der Waals surface area contributed by atoms with E-state index in [0.29, 0.717) is 6.04 Å². The summed E-state index contributed by atoms with van der Waals surface area (Å²) in [5.74, 6) is 5.43. The van der Waals surface area contributed by atoms with Crippen LogP contribution in [0.15, 0.2) is 0 Å². The SMILES string of the molecule is NC1CCCN(CC2C3CC4CC(C3)CC2C4)C1. The third kappa shape index (κ3) is 2.02. The Morgan fingerprint density at radius 3 is 2.22 bits per heavy atom. The Kier molecular flexibility index (Phi) is 2.92. The molecular formula is C16H28N2. The number of nitrogens with two attached hydrogens (primary N) is 1. The van der Waals surface area contributed by atoms with Gasteiger partial charge in [0.05, 0.1) is 0 Å². The minimum atomic E-state index is 0.454. The van der Waals surface area contributed by atoms with Crippen LogP contribution in [-0.2, 0) is 0 Å². The molecule has 4 bridgehead atoms. The third-order valence-electron chi connectivity index (χ3n) is 6.43. The standard InChI is InChI=1S/C16H28N2/c17-15-2-1-3-18(9-15)10-16-13-5-11-4-12(7-13)8-14(16)6-11/h11-16H,1-10,17H2. The first kappa shape index (κ1) is 11.7. The Morgan fingerprint density at radius 2 is 1.61 bits per heavy atom. The van der Waals surface area contributed by atoms with E-state index in [2.05, 4.69) is 4.90 Å². The quantitative estimate of drug-likeness (QED) is 0.813. The molecule has 1 unspecified atom stereocenters. The monoisotopic (exact) mass is 248 g/mol. The zero-order valence-corrected chi connectivity index (χ0v) is 11.6. The summed E-state index contributed by atoms with van der Waals surface area (Å²) in [5, 5.41) is 0. The highest BCUT2D eigenvalue weighted by Gasteiger charge is 2.48. The lowest BCUT2D eigenvalue weighted by Crippen LogP contribution is -2.51. The van der Waals surface area contributed by atoms with Gasteiger partial charge in [-0.15, -0.1) is 0 Å². The first-order chi connectivity index (χ1) is 8.78. The van der Waals surface area contributed by atoms with Crippen molar-refractivity contribution in [2.45, 2.75) is 51.0 Å². The number of likely N-dealkylation sites (tertiary alicyclic amines) is 1. The fourth-order valence-electron chi connectivity index (χ4n) is 5.89. The van der Waals surface area contributed by atoms with Crippen molar-refractivity contribution in [3.8, 4) is 0 Å². The summed E-state index contributed by atoms with van der Waals surface area (Å²) in [5.41, 5.74) is 6.13. The highest BCUT2D eigenvalue weighted by molar-refractivity contribution is 4.99. The predicted octanol–water partition coefficient (Wildman–Crippen LogP) is 2.48. The molecule has 1 heterocycles. The van der Waals surface area contributed by atoms with Gasteiger partial charge in [0.25, 0.3) is 0 Å². The summed E-state index contributed by atoms with van der Waals surface area (Å²) in [6, 6.07) is 0.454. The Morgan fingerprint density at radius 1 is 0.944 bits per heavy atom. The van der Waals surface area contributed by atoms with Crippen LogP contribution in [0.3, 0.4) is 0 Å². The topological polar surface area (TPSA) is 29.3 Å². The van der Waals surface area contributed by atoms with Gasteiger partial charge in [-0.3, -0.25) is 0 Å². The van der Waals surface area contributed by atoms with Gasteiger partial charge in [-0.1, -0.05) is 0 Å². The van der Waals surface area contributed by atoms with Crippen molar-refractivity contribution < 1.29 is 0 Å². The molecular weight excluding hydrogens is 220 g/mol. The van der Waals surface area contributed by atoms with E-state index in [9.17, 15) is 0 Å². The van der Waals surface area contributed by atoms with Gasteiger partial charge in [0.2, 0.25) is 0 Å². The van der Waals surface area contributed by atoms with Crippen molar-refractivity contribution in [2.24, 2.45) is 35.3 Å². The molecule has 5 aliphatic rings. The first-order valence-electron chi connectivity index (χ1n) is 8.26. The van der Waals surface area contributed by atoms with Crippen molar-refractivity contribution >= 4 is 0 Å². The number of nitrogens with zero attached hydrogens (tertiary/aromatic N) is 1. The van der Waals surface area contributed by atoms with Crippen LogP contribution in [0.2, 0.25) is 0 Å². The summed E-state index contributed by atoms with van der Waals surface area (Å²) < 4.78 is 0. The maximum atomic E-state index is 6.13. The highest BCUT2D eigenvalue weighted by atomic mass is 15.1.